The molecule has 0 aliphatic rings. The molecule has 0 unspecified atom stereocenters. The highest BCUT2D eigenvalue weighted by Crippen LogP contribution is 2.22. The summed E-state index contributed by atoms with van der Waals surface area (Å²) in [4.78, 5) is 0. The van der Waals surface area contributed by atoms with Gasteiger partial charge in [0.1, 0.15) is 12.4 Å². The van der Waals surface area contributed by atoms with Crippen molar-refractivity contribution in [1.29, 1.82) is 0 Å². The van der Waals surface area contributed by atoms with Crippen molar-refractivity contribution in [2.75, 3.05) is 12.3 Å². The van der Waals surface area contributed by atoms with Gasteiger partial charge in [0.2, 0.25) is 0 Å². The minimum absolute atomic E-state index is 0.627. The van der Waals surface area contributed by atoms with Gasteiger partial charge in [-0.1, -0.05) is 30.3 Å². The molecule has 0 radical (unpaired) electrons. The standard InChI is InChI=1S/C16H16N2O/c17-15-8-4-5-13-9-10-18(16(13)15)11-12-19-14-6-2-1-3-7-14/h1-10H,11-12,17H2. The van der Waals surface area contributed by atoms with E-state index < -0.39 is 0 Å². The molecule has 0 aliphatic heterocycles. The molecule has 3 aromatic rings. The van der Waals surface area contributed by atoms with Crippen molar-refractivity contribution in [1.82, 2.24) is 4.57 Å². The van der Waals surface area contributed by atoms with Gasteiger partial charge in [0.25, 0.3) is 0 Å². The Labute approximate surface area is 112 Å². The smallest absolute Gasteiger partial charge is 0.119 e. The summed E-state index contributed by atoms with van der Waals surface area (Å²) in [6.07, 6.45) is 2.05. The van der Waals surface area contributed by atoms with Crippen molar-refractivity contribution in [3.63, 3.8) is 0 Å². The molecule has 19 heavy (non-hydrogen) atoms. The average molecular weight is 252 g/mol. The Balaban J connectivity index is 1.72. The fourth-order valence-electron chi connectivity index (χ4n) is 2.26. The molecular formula is C16H16N2O. The first-order valence-electron chi connectivity index (χ1n) is 6.36. The number of nitrogens with zero attached hydrogens (tertiary/aromatic N) is 1. The average Bonchev–Trinajstić information content (AvgIpc) is 2.85. The van der Waals surface area contributed by atoms with Gasteiger partial charge in [-0.05, 0) is 24.3 Å². The number of nitrogen functional groups attached to an aromatic ring is 1. The number of anilines is 1. The highest BCUT2D eigenvalue weighted by Gasteiger charge is 2.03. The molecule has 3 heteroatoms. The highest BCUT2D eigenvalue weighted by atomic mass is 16.5. The van der Waals surface area contributed by atoms with E-state index >= 15 is 0 Å². The second kappa shape index (κ2) is 5.06. The maximum atomic E-state index is 6.02. The first kappa shape index (κ1) is 11.7. The second-order valence-corrected chi connectivity index (χ2v) is 4.46. The van der Waals surface area contributed by atoms with E-state index in [4.69, 9.17) is 10.5 Å². The van der Waals surface area contributed by atoms with Crippen molar-refractivity contribution in [2.45, 2.75) is 6.54 Å². The lowest BCUT2D eigenvalue weighted by molar-refractivity contribution is 0.300. The molecule has 0 spiro atoms. The maximum absolute atomic E-state index is 6.02. The zero-order valence-corrected chi connectivity index (χ0v) is 10.6. The number of ether oxygens (including phenoxy) is 1. The lowest BCUT2D eigenvalue weighted by atomic mass is 10.2. The molecule has 1 heterocycles. The summed E-state index contributed by atoms with van der Waals surface area (Å²) >= 11 is 0. The van der Waals surface area contributed by atoms with Crippen molar-refractivity contribution in [2.24, 2.45) is 0 Å². The summed E-state index contributed by atoms with van der Waals surface area (Å²) in [5, 5.41) is 1.17. The van der Waals surface area contributed by atoms with Crippen LogP contribution in [0.25, 0.3) is 10.9 Å². The molecule has 0 bridgehead atoms. The van der Waals surface area contributed by atoms with Crippen LogP contribution >= 0.6 is 0 Å². The van der Waals surface area contributed by atoms with Crippen LogP contribution in [-0.2, 0) is 6.54 Å². The topological polar surface area (TPSA) is 40.2 Å². The number of hydrogen-bond donors (Lipinski definition) is 1. The van der Waals surface area contributed by atoms with Gasteiger partial charge in [0.05, 0.1) is 17.7 Å². The SMILES string of the molecule is Nc1cccc2ccn(CCOc3ccccc3)c12. The highest BCUT2D eigenvalue weighted by molar-refractivity contribution is 5.90. The summed E-state index contributed by atoms with van der Waals surface area (Å²) in [7, 11) is 0. The summed E-state index contributed by atoms with van der Waals surface area (Å²) in [6, 6.07) is 17.9. The number of para-hydroxylation sites is 2. The Morgan fingerprint density at radius 1 is 0.947 bits per heavy atom. The minimum atomic E-state index is 0.627. The maximum Gasteiger partial charge on any atom is 0.119 e. The van der Waals surface area contributed by atoms with E-state index in [1.807, 2.05) is 42.5 Å². The van der Waals surface area contributed by atoms with Crippen LogP contribution in [0.1, 0.15) is 0 Å². The number of benzene rings is 2. The van der Waals surface area contributed by atoms with Crippen LogP contribution < -0.4 is 10.5 Å². The van der Waals surface area contributed by atoms with Crippen LogP contribution in [0.4, 0.5) is 5.69 Å². The summed E-state index contributed by atoms with van der Waals surface area (Å²) < 4.78 is 7.84. The minimum Gasteiger partial charge on any atom is -0.492 e. The van der Waals surface area contributed by atoms with Crippen LogP contribution in [0.2, 0.25) is 0 Å². The van der Waals surface area contributed by atoms with Crippen molar-refractivity contribution < 1.29 is 4.74 Å². The number of fused-ring (bicyclic) bond motifs is 1. The van der Waals surface area contributed by atoms with Gasteiger partial charge < -0.3 is 15.0 Å². The van der Waals surface area contributed by atoms with E-state index in [0.717, 1.165) is 23.5 Å². The van der Waals surface area contributed by atoms with Gasteiger partial charge in [-0.3, -0.25) is 0 Å². The monoisotopic (exact) mass is 252 g/mol. The van der Waals surface area contributed by atoms with Gasteiger partial charge in [0.15, 0.2) is 0 Å². The Hall–Kier alpha value is -2.42. The molecule has 0 amide bonds. The number of rotatable bonds is 4. The fourth-order valence-corrected chi connectivity index (χ4v) is 2.26. The fraction of sp³-hybridized carbons (Fsp3) is 0.125. The van der Waals surface area contributed by atoms with Gasteiger partial charge >= 0.3 is 0 Å². The van der Waals surface area contributed by atoms with Crippen LogP contribution in [-0.4, -0.2) is 11.2 Å². The van der Waals surface area contributed by atoms with E-state index in [2.05, 4.69) is 22.9 Å². The van der Waals surface area contributed by atoms with Crippen molar-refractivity contribution in [3.8, 4) is 5.75 Å². The Kier molecular flexibility index (Phi) is 3.11. The third kappa shape index (κ3) is 2.40. The van der Waals surface area contributed by atoms with Crippen LogP contribution in [0, 0.1) is 0 Å². The first-order chi connectivity index (χ1) is 9.34. The molecule has 3 rings (SSSR count). The van der Waals surface area contributed by atoms with Crippen molar-refractivity contribution in [3.05, 3.63) is 60.8 Å². The quantitative estimate of drug-likeness (QED) is 0.724. The molecule has 0 saturated heterocycles. The summed E-state index contributed by atoms with van der Waals surface area (Å²) in [5.41, 5.74) is 7.91. The predicted molar refractivity (Wildman–Crippen MR) is 78.3 cm³/mol. The molecule has 96 valence electrons. The van der Waals surface area contributed by atoms with Crippen LogP contribution in [0.5, 0.6) is 5.75 Å². The largest absolute Gasteiger partial charge is 0.492 e. The number of nitrogens with two attached hydrogens (primary N) is 1. The zero-order valence-electron chi connectivity index (χ0n) is 10.6. The zero-order chi connectivity index (χ0) is 13.1. The molecule has 3 nitrogen and oxygen atoms in total. The van der Waals surface area contributed by atoms with Gasteiger partial charge in [0, 0.05) is 11.6 Å². The van der Waals surface area contributed by atoms with Crippen molar-refractivity contribution >= 4 is 16.6 Å². The predicted octanol–water partition coefficient (Wildman–Crippen LogP) is 3.30. The van der Waals surface area contributed by atoms with Gasteiger partial charge in [-0.15, -0.1) is 0 Å². The first-order valence-corrected chi connectivity index (χ1v) is 6.36. The normalized spacial score (nSPS) is 10.7. The molecule has 2 aromatic carbocycles. The molecule has 1 aromatic heterocycles. The lowest BCUT2D eigenvalue weighted by Gasteiger charge is -2.09. The van der Waals surface area contributed by atoms with Gasteiger partial charge in [-0.25, -0.2) is 0 Å². The Morgan fingerprint density at radius 3 is 2.63 bits per heavy atom. The third-order valence-corrected chi connectivity index (χ3v) is 3.16. The molecular weight excluding hydrogens is 236 g/mol. The molecule has 0 atom stereocenters. The van der Waals surface area contributed by atoms with E-state index in [-0.39, 0.29) is 0 Å². The van der Waals surface area contributed by atoms with Gasteiger partial charge in [-0.2, -0.15) is 0 Å². The summed E-state index contributed by atoms with van der Waals surface area (Å²) in [5.74, 6) is 0.895. The molecule has 0 fully saturated rings. The molecule has 2 N–H and O–H groups in total. The van der Waals surface area contributed by atoms with Crippen LogP contribution in [0.3, 0.4) is 0 Å². The lowest BCUT2D eigenvalue weighted by Crippen LogP contribution is -2.07. The second-order valence-electron chi connectivity index (χ2n) is 4.46. The van der Waals surface area contributed by atoms with Crippen LogP contribution in [0.15, 0.2) is 60.8 Å². The Morgan fingerprint density at radius 2 is 1.79 bits per heavy atom. The summed E-state index contributed by atoms with van der Waals surface area (Å²) in [6.45, 7) is 1.41. The van der Waals surface area contributed by atoms with E-state index in [1.165, 1.54) is 5.39 Å². The molecule has 0 saturated carbocycles. The third-order valence-electron chi connectivity index (χ3n) is 3.16. The molecule has 0 aliphatic carbocycles. The number of hydrogen-bond acceptors (Lipinski definition) is 2. The van der Waals surface area contributed by atoms with E-state index in [9.17, 15) is 0 Å². The Bertz CT molecular complexity index is 674. The van der Waals surface area contributed by atoms with E-state index in [1.54, 1.807) is 0 Å². The number of aromatic nitrogens is 1. The van der Waals surface area contributed by atoms with E-state index in [0.29, 0.717) is 6.61 Å².